The van der Waals surface area contributed by atoms with Gasteiger partial charge in [-0.15, -0.1) is 10.2 Å². The first-order chi connectivity index (χ1) is 12.6. The molecule has 0 atom stereocenters. The Morgan fingerprint density at radius 1 is 1.31 bits per heavy atom. The van der Waals surface area contributed by atoms with Gasteiger partial charge in [0.05, 0.1) is 12.4 Å². The number of aromatic nitrogens is 3. The van der Waals surface area contributed by atoms with Crippen LogP contribution in [0.2, 0.25) is 0 Å². The highest BCUT2D eigenvalue weighted by Crippen LogP contribution is 2.25. The van der Waals surface area contributed by atoms with E-state index >= 15 is 0 Å². The van der Waals surface area contributed by atoms with Crippen LogP contribution in [0, 0.1) is 0 Å². The Hall–Kier alpha value is -2.72. The van der Waals surface area contributed by atoms with Gasteiger partial charge >= 0.3 is 5.97 Å². The third-order valence-corrected chi connectivity index (χ3v) is 5.22. The number of fused-ring (bicyclic) bond motifs is 1. The minimum absolute atomic E-state index is 0.0142. The van der Waals surface area contributed by atoms with Crippen LogP contribution in [0.5, 0.6) is 0 Å². The van der Waals surface area contributed by atoms with Crippen LogP contribution >= 0.6 is 23.1 Å². The predicted molar refractivity (Wildman–Crippen MR) is 99.8 cm³/mol. The van der Waals surface area contributed by atoms with E-state index in [1.54, 1.807) is 31.2 Å². The van der Waals surface area contributed by atoms with E-state index in [-0.39, 0.29) is 27.8 Å². The van der Waals surface area contributed by atoms with Crippen molar-refractivity contribution in [1.82, 2.24) is 15.2 Å². The van der Waals surface area contributed by atoms with Crippen LogP contribution in [0.4, 0.5) is 5.13 Å². The summed E-state index contributed by atoms with van der Waals surface area (Å²) in [6, 6.07) is 6.95. The van der Waals surface area contributed by atoms with Gasteiger partial charge in [0.1, 0.15) is 5.56 Å². The highest BCUT2D eigenvalue weighted by atomic mass is 32.2. The van der Waals surface area contributed by atoms with E-state index in [4.69, 9.17) is 4.74 Å². The largest absolute Gasteiger partial charge is 0.465 e. The van der Waals surface area contributed by atoms with E-state index in [2.05, 4.69) is 20.5 Å². The minimum Gasteiger partial charge on any atom is -0.465 e. The number of rotatable bonds is 6. The van der Waals surface area contributed by atoms with Crippen LogP contribution in [0.1, 0.15) is 17.3 Å². The first-order valence-electron chi connectivity index (χ1n) is 7.62. The van der Waals surface area contributed by atoms with Crippen molar-refractivity contribution in [2.45, 2.75) is 11.3 Å². The molecule has 2 N–H and O–H groups in total. The summed E-state index contributed by atoms with van der Waals surface area (Å²) in [5.74, 6) is -0.808. The number of carbonyl (C=O) groups is 2. The number of amides is 1. The van der Waals surface area contributed by atoms with Gasteiger partial charge in [0.15, 0.2) is 4.34 Å². The highest BCUT2D eigenvalue weighted by molar-refractivity contribution is 8.01. The van der Waals surface area contributed by atoms with E-state index in [1.165, 1.54) is 18.0 Å². The zero-order chi connectivity index (χ0) is 18.5. The monoisotopic (exact) mass is 390 g/mol. The summed E-state index contributed by atoms with van der Waals surface area (Å²) in [5, 5.41) is 11.0. The van der Waals surface area contributed by atoms with Gasteiger partial charge in [0, 0.05) is 17.1 Å². The number of anilines is 1. The number of aromatic amines is 1. The molecule has 3 rings (SSSR count). The fraction of sp³-hybridized carbons (Fsp3) is 0.188. The number of esters is 1. The Bertz CT molecular complexity index is 1010. The number of carbonyl (C=O) groups excluding carboxylic acids is 2. The summed E-state index contributed by atoms with van der Waals surface area (Å²) < 4.78 is 5.34. The Labute approximate surface area is 156 Å². The maximum atomic E-state index is 12.4. The lowest BCUT2D eigenvalue weighted by molar-refractivity contribution is -0.139. The van der Waals surface area contributed by atoms with Crippen molar-refractivity contribution in [3.63, 3.8) is 0 Å². The van der Waals surface area contributed by atoms with Crippen LogP contribution < -0.4 is 10.7 Å². The molecule has 3 aromatic rings. The zero-order valence-corrected chi connectivity index (χ0v) is 15.3. The molecule has 0 unspecified atom stereocenters. The molecule has 1 amide bonds. The maximum absolute atomic E-state index is 12.4. The van der Waals surface area contributed by atoms with Gasteiger partial charge in [-0.25, -0.2) is 0 Å². The van der Waals surface area contributed by atoms with Crippen molar-refractivity contribution in [3.8, 4) is 0 Å². The van der Waals surface area contributed by atoms with Gasteiger partial charge in [0.25, 0.3) is 5.91 Å². The molecule has 0 bridgehead atoms. The second-order valence-corrected chi connectivity index (χ2v) is 7.20. The SMILES string of the molecule is CCOC(=O)CSc1nnc(NC(=O)c2c[nH]c3ccccc3c2=O)s1. The van der Waals surface area contributed by atoms with E-state index in [9.17, 15) is 14.4 Å². The van der Waals surface area contributed by atoms with Crippen LogP contribution in [-0.4, -0.2) is 39.4 Å². The summed E-state index contributed by atoms with van der Waals surface area (Å²) in [5.41, 5.74) is 0.278. The Morgan fingerprint density at radius 2 is 2.12 bits per heavy atom. The lowest BCUT2D eigenvalue weighted by atomic mass is 10.1. The lowest BCUT2D eigenvalue weighted by Gasteiger charge is -2.02. The maximum Gasteiger partial charge on any atom is 0.316 e. The van der Waals surface area contributed by atoms with E-state index < -0.39 is 5.91 Å². The quantitative estimate of drug-likeness (QED) is 0.377. The average Bonchev–Trinajstić information content (AvgIpc) is 3.08. The third-order valence-electron chi connectivity index (χ3n) is 3.28. The predicted octanol–water partition coefficient (Wildman–Crippen LogP) is 2.29. The van der Waals surface area contributed by atoms with Gasteiger partial charge in [-0.2, -0.15) is 0 Å². The molecule has 0 radical (unpaired) electrons. The van der Waals surface area contributed by atoms with Gasteiger partial charge in [-0.05, 0) is 19.1 Å². The molecule has 0 aliphatic rings. The number of benzene rings is 1. The fourth-order valence-corrected chi connectivity index (χ4v) is 3.69. The number of nitrogens with zero attached hydrogens (tertiary/aromatic N) is 2. The molecule has 2 heterocycles. The summed E-state index contributed by atoms with van der Waals surface area (Å²) >= 11 is 2.28. The zero-order valence-electron chi connectivity index (χ0n) is 13.6. The van der Waals surface area contributed by atoms with Crippen LogP contribution in [0.15, 0.2) is 39.6 Å². The van der Waals surface area contributed by atoms with Crippen molar-refractivity contribution in [1.29, 1.82) is 0 Å². The van der Waals surface area contributed by atoms with Crippen molar-refractivity contribution in [2.75, 3.05) is 17.7 Å². The Morgan fingerprint density at radius 3 is 2.92 bits per heavy atom. The second-order valence-electron chi connectivity index (χ2n) is 5.00. The van der Waals surface area contributed by atoms with Crippen molar-refractivity contribution in [2.24, 2.45) is 0 Å². The number of hydrogen-bond acceptors (Lipinski definition) is 8. The lowest BCUT2D eigenvalue weighted by Crippen LogP contribution is -2.21. The van der Waals surface area contributed by atoms with Gasteiger partial charge in [0.2, 0.25) is 10.6 Å². The molecule has 0 saturated carbocycles. The molecule has 0 spiro atoms. The molecule has 0 aliphatic heterocycles. The summed E-state index contributed by atoms with van der Waals surface area (Å²) in [6.07, 6.45) is 1.37. The van der Waals surface area contributed by atoms with Crippen LogP contribution in [0.25, 0.3) is 10.9 Å². The highest BCUT2D eigenvalue weighted by Gasteiger charge is 2.16. The average molecular weight is 390 g/mol. The van der Waals surface area contributed by atoms with E-state index in [0.29, 0.717) is 21.8 Å². The molecule has 8 nitrogen and oxygen atoms in total. The van der Waals surface area contributed by atoms with Crippen molar-refractivity contribution < 1.29 is 14.3 Å². The molecule has 134 valence electrons. The first-order valence-corrected chi connectivity index (χ1v) is 9.42. The van der Waals surface area contributed by atoms with Gasteiger partial charge < -0.3 is 9.72 Å². The van der Waals surface area contributed by atoms with Crippen molar-refractivity contribution >= 4 is 51.0 Å². The number of hydrogen-bond donors (Lipinski definition) is 2. The summed E-state index contributed by atoms with van der Waals surface area (Å²) in [7, 11) is 0. The van der Waals surface area contributed by atoms with E-state index in [0.717, 1.165) is 11.3 Å². The molecule has 0 aliphatic carbocycles. The fourth-order valence-electron chi connectivity index (χ4n) is 2.14. The first kappa shape index (κ1) is 18.1. The van der Waals surface area contributed by atoms with Gasteiger partial charge in [-0.3, -0.25) is 19.7 Å². The standard InChI is InChI=1S/C16H14N4O4S2/c1-2-24-12(21)8-25-16-20-19-15(26-16)18-14(23)10-7-17-11-6-4-3-5-9(11)13(10)22/h3-7H,2,8H2,1H3,(H,17,22)(H,18,19,23). The number of pyridine rings is 1. The molecular formula is C16H14N4O4S2. The number of nitrogens with one attached hydrogen (secondary N) is 2. The van der Waals surface area contributed by atoms with Crippen molar-refractivity contribution in [3.05, 3.63) is 46.2 Å². The molecule has 1 aromatic carbocycles. The summed E-state index contributed by atoms with van der Waals surface area (Å²) in [4.78, 5) is 39.1. The van der Waals surface area contributed by atoms with E-state index in [1.807, 2.05) is 0 Å². The Balaban J connectivity index is 1.70. The number of thioether (sulfide) groups is 1. The number of H-pyrrole nitrogens is 1. The molecule has 2 aromatic heterocycles. The van der Waals surface area contributed by atoms with Gasteiger partial charge in [-0.1, -0.05) is 35.2 Å². The number of ether oxygens (including phenoxy) is 1. The molecule has 0 saturated heterocycles. The minimum atomic E-state index is -0.574. The van der Waals surface area contributed by atoms with Crippen LogP contribution in [-0.2, 0) is 9.53 Å². The number of para-hydroxylation sites is 1. The van der Waals surface area contributed by atoms with Crippen LogP contribution in [0.3, 0.4) is 0 Å². The Kier molecular flexibility index (Phi) is 5.64. The molecule has 10 heteroatoms. The normalized spacial score (nSPS) is 10.7. The molecular weight excluding hydrogens is 376 g/mol. The smallest absolute Gasteiger partial charge is 0.316 e. The second kappa shape index (κ2) is 8.11. The summed E-state index contributed by atoms with van der Waals surface area (Å²) in [6.45, 7) is 2.05. The molecule has 0 fully saturated rings. The third kappa shape index (κ3) is 4.09. The topological polar surface area (TPSA) is 114 Å². The molecule has 26 heavy (non-hydrogen) atoms.